The van der Waals surface area contributed by atoms with Gasteiger partial charge in [0.05, 0.1) is 0 Å². The van der Waals surface area contributed by atoms with Crippen LogP contribution in [0.4, 0.5) is 13.2 Å². The van der Waals surface area contributed by atoms with Gasteiger partial charge in [-0.3, -0.25) is 4.79 Å². The van der Waals surface area contributed by atoms with E-state index in [0.717, 1.165) is 6.92 Å². The fourth-order valence-corrected chi connectivity index (χ4v) is 1.06. The lowest BCUT2D eigenvalue weighted by Crippen LogP contribution is -2.46. The van der Waals surface area contributed by atoms with Crippen LogP contribution in [0.2, 0.25) is 0 Å². The summed E-state index contributed by atoms with van der Waals surface area (Å²) in [7, 11) is 0. The van der Waals surface area contributed by atoms with Crippen molar-refractivity contribution in [1.82, 2.24) is 5.32 Å². The average Bonchev–Trinajstić information content (AvgIpc) is 2.26. The van der Waals surface area contributed by atoms with Gasteiger partial charge in [-0.25, -0.2) is 4.79 Å². The van der Waals surface area contributed by atoms with Crippen molar-refractivity contribution in [2.45, 2.75) is 45.5 Å². The molecule has 1 amide bonds. The molecular weight excluding hydrogens is 251 g/mol. The zero-order valence-electron chi connectivity index (χ0n) is 10.4. The standard InChI is InChI=1S/C11H16F3NO3/c1-4-6-8(5-2)18-9(16)7(3)15-10(17)11(12,13)14/h4,6-8H,5H2,1-3H3,(H,15,17)/b6-4+. The van der Waals surface area contributed by atoms with Crippen molar-refractivity contribution in [3.63, 3.8) is 0 Å². The summed E-state index contributed by atoms with van der Waals surface area (Å²) in [6.07, 6.45) is -1.75. The predicted octanol–water partition coefficient (Wildman–Crippen LogP) is 1.95. The third-order valence-electron chi connectivity index (χ3n) is 2.04. The minimum absolute atomic E-state index is 0.496. The zero-order valence-corrected chi connectivity index (χ0v) is 10.4. The van der Waals surface area contributed by atoms with Crippen molar-refractivity contribution in [2.75, 3.05) is 0 Å². The van der Waals surface area contributed by atoms with E-state index in [0.29, 0.717) is 6.42 Å². The largest absolute Gasteiger partial charge is 0.471 e. The number of amides is 1. The molecule has 18 heavy (non-hydrogen) atoms. The first-order valence-corrected chi connectivity index (χ1v) is 5.43. The molecule has 1 N–H and O–H groups in total. The fraction of sp³-hybridized carbons (Fsp3) is 0.636. The molecule has 0 heterocycles. The summed E-state index contributed by atoms with van der Waals surface area (Å²) in [4.78, 5) is 22.0. The summed E-state index contributed by atoms with van der Waals surface area (Å²) in [6, 6.07) is -1.35. The topological polar surface area (TPSA) is 55.4 Å². The first kappa shape index (κ1) is 16.5. The number of carbonyl (C=O) groups excluding carboxylic acids is 2. The summed E-state index contributed by atoms with van der Waals surface area (Å²) in [5.41, 5.74) is 0. The summed E-state index contributed by atoms with van der Waals surface area (Å²) in [6.45, 7) is 4.62. The van der Waals surface area contributed by atoms with Crippen molar-refractivity contribution < 1.29 is 27.5 Å². The van der Waals surface area contributed by atoms with E-state index >= 15 is 0 Å². The minimum Gasteiger partial charge on any atom is -0.457 e. The highest BCUT2D eigenvalue weighted by molar-refractivity contribution is 5.87. The number of nitrogens with one attached hydrogen (secondary N) is 1. The maximum absolute atomic E-state index is 11.9. The van der Waals surface area contributed by atoms with Gasteiger partial charge in [0.2, 0.25) is 0 Å². The quantitative estimate of drug-likeness (QED) is 0.612. The van der Waals surface area contributed by atoms with Crippen LogP contribution in [0.3, 0.4) is 0 Å². The van der Waals surface area contributed by atoms with Gasteiger partial charge in [0.25, 0.3) is 0 Å². The highest BCUT2D eigenvalue weighted by atomic mass is 19.4. The van der Waals surface area contributed by atoms with E-state index in [9.17, 15) is 22.8 Å². The molecule has 0 aromatic heterocycles. The third-order valence-corrected chi connectivity index (χ3v) is 2.04. The summed E-state index contributed by atoms with van der Waals surface area (Å²) >= 11 is 0. The molecule has 0 aliphatic heterocycles. The highest BCUT2D eigenvalue weighted by Gasteiger charge is 2.40. The Morgan fingerprint density at radius 1 is 1.39 bits per heavy atom. The first-order valence-electron chi connectivity index (χ1n) is 5.43. The Morgan fingerprint density at radius 2 is 1.94 bits per heavy atom. The van der Waals surface area contributed by atoms with Gasteiger partial charge in [0, 0.05) is 0 Å². The summed E-state index contributed by atoms with van der Waals surface area (Å²) in [5, 5.41) is 1.53. The number of alkyl halides is 3. The number of hydrogen-bond acceptors (Lipinski definition) is 3. The Bertz CT molecular complexity index is 326. The van der Waals surface area contributed by atoms with Crippen LogP contribution in [0.15, 0.2) is 12.2 Å². The monoisotopic (exact) mass is 267 g/mol. The molecule has 0 saturated carbocycles. The number of allylic oxidation sites excluding steroid dienone is 1. The van der Waals surface area contributed by atoms with Crippen molar-refractivity contribution in [3.05, 3.63) is 12.2 Å². The molecule has 0 fully saturated rings. The molecule has 0 aromatic carbocycles. The molecule has 0 aromatic rings. The molecule has 0 bridgehead atoms. The van der Waals surface area contributed by atoms with Gasteiger partial charge in [-0.1, -0.05) is 13.0 Å². The summed E-state index contributed by atoms with van der Waals surface area (Å²) in [5.74, 6) is -3.07. The summed E-state index contributed by atoms with van der Waals surface area (Å²) < 4.78 is 40.7. The van der Waals surface area contributed by atoms with Gasteiger partial charge in [-0.15, -0.1) is 0 Å². The molecule has 0 rings (SSSR count). The number of ether oxygens (including phenoxy) is 1. The SMILES string of the molecule is C/C=C/C(CC)OC(=O)C(C)NC(=O)C(F)(F)F. The molecule has 0 aliphatic carbocycles. The van der Waals surface area contributed by atoms with Gasteiger partial charge in [0.15, 0.2) is 0 Å². The lowest BCUT2D eigenvalue weighted by molar-refractivity contribution is -0.176. The molecule has 7 heteroatoms. The number of halogens is 3. The number of carbonyl (C=O) groups is 2. The molecule has 4 nitrogen and oxygen atoms in total. The fourth-order valence-electron chi connectivity index (χ4n) is 1.06. The maximum atomic E-state index is 11.9. The second-order valence-corrected chi connectivity index (χ2v) is 3.60. The van der Waals surface area contributed by atoms with Crippen molar-refractivity contribution in [2.24, 2.45) is 0 Å². The molecule has 0 spiro atoms. The Morgan fingerprint density at radius 3 is 2.33 bits per heavy atom. The second kappa shape index (κ2) is 7.03. The molecule has 2 unspecified atom stereocenters. The second-order valence-electron chi connectivity index (χ2n) is 3.60. The van der Waals surface area contributed by atoms with Crippen LogP contribution in [0.1, 0.15) is 27.2 Å². The number of rotatable bonds is 5. The Kier molecular flexibility index (Phi) is 6.43. The van der Waals surface area contributed by atoms with Crippen molar-refractivity contribution >= 4 is 11.9 Å². The number of esters is 1. The van der Waals surface area contributed by atoms with E-state index in [2.05, 4.69) is 0 Å². The van der Waals surface area contributed by atoms with Crippen LogP contribution >= 0.6 is 0 Å². The first-order chi connectivity index (χ1) is 8.22. The molecule has 104 valence electrons. The Labute approximate surface area is 103 Å². The van der Waals surface area contributed by atoms with E-state index in [1.165, 1.54) is 5.32 Å². The smallest absolute Gasteiger partial charge is 0.457 e. The maximum Gasteiger partial charge on any atom is 0.471 e. The van der Waals surface area contributed by atoms with Gasteiger partial charge in [0.1, 0.15) is 12.1 Å². The third kappa shape index (κ3) is 5.70. The molecular formula is C11H16F3NO3. The van der Waals surface area contributed by atoms with Gasteiger partial charge in [-0.05, 0) is 26.3 Å². The van der Waals surface area contributed by atoms with E-state index in [1.54, 1.807) is 26.0 Å². The van der Waals surface area contributed by atoms with Crippen LogP contribution in [0.5, 0.6) is 0 Å². The van der Waals surface area contributed by atoms with Crippen LogP contribution in [0.25, 0.3) is 0 Å². The molecule has 0 aliphatic rings. The minimum atomic E-state index is -5.01. The highest BCUT2D eigenvalue weighted by Crippen LogP contribution is 2.14. The zero-order chi connectivity index (χ0) is 14.3. The van der Waals surface area contributed by atoms with Crippen molar-refractivity contribution in [3.8, 4) is 0 Å². The van der Waals surface area contributed by atoms with Gasteiger partial charge < -0.3 is 10.1 Å². The Hall–Kier alpha value is -1.53. The van der Waals surface area contributed by atoms with E-state index in [4.69, 9.17) is 4.74 Å². The average molecular weight is 267 g/mol. The normalized spacial score (nSPS) is 15.2. The van der Waals surface area contributed by atoms with Crippen LogP contribution in [0, 0.1) is 0 Å². The van der Waals surface area contributed by atoms with Crippen LogP contribution < -0.4 is 5.32 Å². The van der Waals surface area contributed by atoms with Crippen molar-refractivity contribution in [1.29, 1.82) is 0 Å². The van der Waals surface area contributed by atoms with Gasteiger partial charge in [-0.2, -0.15) is 13.2 Å². The van der Waals surface area contributed by atoms with Gasteiger partial charge >= 0.3 is 18.1 Å². The lowest BCUT2D eigenvalue weighted by Gasteiger charge is -2.17. The van der Waals surface area contributed by atoms with E-state index in [-0.39, 0.29) is 0 Å². The van der Waals surface area contributed by atoms with Crippen LogP contribution in [-0.4, -0.2) is 30.2 Å². The Balaban J connectivity index is 4.39. The number of hydrogen-bond donors (Lipinski definition) is 1. The van der Waals surface area contributed by atoms with Crippen LogP contribution in [-0.2, 0) is 14.3 Å². The molecule has 0 saturated heterocycles. The van der Waals surface area contributed by atoms with E-state index in [1.807, 2.05) is 0 Å². The lowest BCUT2D eigenvalue weighted by atomic mass is 10.2. The predicted molar refractivity (Wildman–Crippen MR) is 58.6 cm³/mol. The molecule has 0 radical (unpaired) electrons. The molecule has 2 atom stereocenters. The van der Waals surface area contributed by atoms with E-state index < -0.39 is 30.2 Å².